The molecule has 3 aromatic carbocycles. The minimum absolute atomic E-state index is 0. The third kappa shape index (κ3) is 7.53. The van der Waals surface area contributed by atoms with Crippen molar-refractivity contribution in [3.05, 3.63) is 113 Å². The molecule has 0 bridgehead atoms. The summed E-state index contributed by atoms with van der Waals surface area (Å²) in [6.07, 6.45) is 1.83. The van der Waals surface area contributed by atoms with Gasteiger partial charge in [0.05, 0.1) is 21.4 Å². The van der Waals surface area contributed by atoms with Gasteiger partial charge in [-0.25, -0.2) is 4.98 Å². The second-order valence-corrected chi connectivity index (χ2v) is 9.24. The normalized spacial score (nSPS) is 10.3. The minimum atomic E-state index is -0.131. The van der Waals surface area contributed by atoms with Gasteiger partial charge in [0.15, 0.2) is 0 Å². The first kappa shape index (κ1) is 31.2. The largest absolute Gasteiger partial charge is 0.322 e. The van der Waals surface area contributed by atoms with Gasteiger partial charge in [0, 0.05) is 30.5 Å². The van der Waals surface area contributed by atoms with Gasteiger partial charge in [-0.2, -0.15) is 0 Å². The van der Waals surface area contributed by atoms with E-state index in [1.807, 2.05) is 78.4 Å². The smallest absolute Gasteiger partial charge is 0.255 e. The molecule has 0 radical (unpaired) electrons. The van der Waals surface area contributed by atoms with Crippen LogP contribution in [0.3, 0.4) is 0 Å². The van der Waals surface area contributed by atoms with Crippen LogP contribution < -0.4 is 5.32 Å². The molecule has 1 N–H and O–H groups in total. The Kier molecular flexibility index (Phi) is 12.2. The molecule has 5 rings (SSSR count). The fourth-order valence-electron chi connectivity index (χ4n) is 4.15. The van der Waals surface area contributed by atoms with Crippen molar-refractivity contribution in [3.63, 3.8) is 0 Å². The molecule has 1 amide bonds. The molecule has 38 heavy (non-hydrogen) atoms. The third-order valence-corrected chi connectivity index (χ3v) is 6.80. The number of carbonyl (C=O) groups is 1. The second kappa shape index (κ2) is 14.8. The molecule has 9 heteroatoms. The standard InChI is InChI=1S/C29H26N4OS.3ClH/c1-2-33(19-25-10-6-7-15-30-25)18-23-16-22(11-13-26(23)21-8-4-3-5-9-21)29(34)32-24-12-14-28-27(17-24)31-20-35-28;;;/h3-17,20H,2,18-19H2,1H3,(H,32,34);3*1H. The molecule has 0 saturated heterocycles. The first-order valence-corrected chi connectivity index (χ1v) is 12.5. The Bertz CT molecular complexity index is 1450. The monoisotopic (exact) mass is 586 g/mol. The van der Waals surface area contributed by atoms with Crippen molar-refractivity contribution in [2.24, 2.45) is 0 Å². The molecule has 0 atom stereocenters. The van der Waals surface area contributed by atoms with Crippen LogP contribution in [0.15, 0.2) is 96.6 Å². The van der Waals surface area contributed by atoms with E-state index >= 15 is 0 Å². The molecule has 5 aromatic rings. The number of halogens is 3. The van der Waals surface area contributed by atoms with E-state index < -0.39 is 0 Å². The van der Waals surface area contributed by atoms with Crippen molar-refractivity contribution in [2.45, 2.75) is 20.0 Å². The first-order chi connectivity index (χ1) is 17.2. The summed E-state index contributed by atoms with van der Waals surface area (Å²) >= 11 is 1.59. The third-order valence-electron chi connectivity index (χ3n) is 5.99. The van der Waals surface area contributed by atoms with Crippen molar-refractivity contribution in [1.82, 2.24) is 14.9 Å². The number of fused-ring (bicyclic) bond motifs is 1. The molecular weight excluding hydrogens is 559 g/mol. The van der Waals surface area contributed by atoms with Gasteiger partial charge in [-0.1, -0.05) is 49.4 Å². The Hall–Kier alpha value is -3.00. The number of hydrogen-bond acceptors (Lipinski definition) is 5. The summed E-state index contributed by atoms with van der Waals surface area (Å²) in [6.45, 7) is 4.48. The van der Waals surface area contributed by atoms with Crippen LogP contribution in [0.25, 0.3) is 21.3 Å². The molecule has 0 unspecified atom stereocenters. The van der Waals surface area contributed by atoms with Crippen molar-refractivity contribution in [1.29, 1.82) is 0 Å². The summed E-state index contributed by atoms with van der Waals surface area (Å²) in [5.41, 5.74) is 8.48. The molecule has 2 aromatic heterocycles. The van der Waals surface area contributed by atoms with Crippen molar-refractivity contribution >= 4 is 70.4 Å². The SMILES string of the molecule is CCN(Cc1ccccn1)Cc1cc(C(=O)Nc2ccc3scnc3c2)ccc1-c1ccccc1.Cl.Cl.Cl. The zero-order chi connectivity index (χ0) is 24.0. The number of amides is 1. The van der Waals surface area contributed by atoms with Crippen molar-refractivity contribution in [2.75, 3.05) is 11.9 Å². The molecule has 0 fully saturated rings. The van der Waals surface area contributed by atoms with Crippen LogP contribution in [0, 0.1) is 0 Å². The predicted molar refractivity (Wildman–Crippen MR) is 165 cm³/mol. The number of thiazole rings is 1. The maximum atomic E-state index is 13.2. The van der Waals surface area contributed by atoms with Gasteiger partial charge in [0.25, 0.3) is 5.91 Å². The molecule has 0 spiro atoms. The molecule has 0 aliphatic heterocycles. The fourth-order valence-corrected chi connectivity index (χ4v) is 4.80. The zero-order valence-corrected chi connectivity index (χ0v) is 24.0. The number of pyridine rings is 1. The number of aromatic nitrogens is 2. The summed E-state index contributed by atoms with van der Waals surface area (Å²) in [5, 5.41) is 3.04. The Labute approximate surface area is 245 Å². The van der Waals surface area contributed by atoms with Gasteiger partial charge >= 0.3 is 0 Å². The Morgan fingerprint density at radius 2 is 1.66 bits per heavy atom. The molecule has 0 aliphatic rings. The average molecular weight is 588 g/mol. The van der Waals surface area contributed by atoms with Gasteiger partial charge in [-0.15, -0.1) is 48.6 Å². The van der Waals surface area contributed by atoms with E-state index in [-0.39, 0.29) is 43.1 Å². The highest BCUT2D eigenvalue weighted by Gasteiger charge is 2.15. The fraction of sp³-hybridized carbons (Fsp3) is 0.138. The minimum Gasteiger partial charge on any atom is -0.322 e. The maximum absolute atomic E-state index is 13.2. The van der Waals surface area contributed by atoms with Crippen LogP contribution in [0.5, 0.6) is 0 Å². The summed E-state index contributed by atoms with van der Waals surface area (Å²) in [6, 6.07) is 28.1. The van der Waals surface area contributed by atoms with E-state index in [9.17, 15) is 4.79 Å². The zero-order valence-electron chi connectivity index (χ0n) is 20.7. The Morgan fingerprint density at radius 1 is 0.868 bits per heavy atom. The number of benzene rings is 3. The highest BCUT2D eigenvalue weighted by Crippen LogP contribution is 2.27. The number of hydrogen-bond donors (Lipinski definition) is 1. The molecule has 0 aliphatic carbocycles. The van der Waals surface area contributed by atoms with Gasteiger partial charge in [0.2, 0.25) is 0 Å². The molecular formula is C29H29Cl3N4OS. The Balaban J connectivity index is 0.00000169. The number of rotatable bonds is 8. The highest BCUT2D eigenvalue weighted by molar-refractivity contribution is 7.16. The van der Waals surface area contributed by atoms with Gasteiger partial charge < -0.3 is 5.32 Å². The van der Waals surface area contributed by atoms with E-state index in [2.05, 4.69) is 45.3 Å². The van der Waals surface area contributed by atoms with Crippen molar-refractivity contribution < 1.29 is 4.79 Å². The summed E-state index contributed by atoms with van der Waals surface area (Å²) in [5.74, 6) is -0.131. The van der Waals surface area contributed by atoms with Gasteiger partial charge in [-0.3, -0.25) is 14.7 Å². The lowest BCUT2D eigenvalue weighted by molar-refractivity contribution is 0.102. The topological polar surface area (TPSA) is 58.1 Å². The lowest BCUT2D eigenvalue weighted by Gasteiger charge is -2.22. The van der Waals surface area contributed by atoms with E-state index in [4.69, 9.17) is 0 Å². The van der Waals surface area contributed by atoms with Gasteiger partial charge in [-0.05, 0) is 65.7 Å². The quantitative estimate of drug-likeness (QED) is 0.200. The van der Waals surface area contributed by atoms with Crippen LogP contribution >= 0.6 is 48.6 Å². The van der Waals surface area contributed by atoms with Crippen LogP contribution in [-0.4, -0.2) is 27.3 Å². The van der Waals surface area contributed by atoms with E-state index in [0.717, 1.165) is 51.4 Å². The molecule has 0 saturated carbocycles. The summed E-state index contributed by atoms with van der Waals surface area (Å²) in [7, 11) is 0. The number of carbonyl (C=O) groups excluding carboxylic acids is 1. The molecule has 2 heterocycles. The molecule has 5 nitrogen and oxygen atoms in total. The van der Waals surface area contributed by atoms with Crippen molar-refractivity contribution in [3.8, 4) is 11.1 Å². The first-order valence-electron chi connectivity index (χ1n) is 11.6. The second-order valence-electron chi connectivity index (χ2n) is 8.35. The average Bonchev–Trinajstić information content (AvgIpc) is 3.37. The highest BCUT2D eigenvalue weighted by atomic mass is 35.5. The Morgan fingerprint density at radius 3 is 2.39 bits per heavy atom. The van der Waals surface area contributed by atoms with Gasteiger partial charge in [0.1, 0.15) is 0 Å². The molecule has 198 valence electrons. The maximum Gasteiger partial charge on any atom is 0.255 e. The van der Waals surface area contributed by atoms with E-state index in [1.54, 1.807) is 11.3 Å². The van der Waals surface area contributed by atoms with Crippen LogP contribution in [0.1, 0.15) is 28.5 Å². The van der Waals surface area contributed by atoms with Crippen LogP contribution in [0.2, 0.25) is 0 Å². The number of nitrogens with one attached hydrogen (secondary N) is 1. The summed E-state index contributed by atoms with van der Waals surface area (Å²) in [4.78, 5) is 24.4. The number of anilines is 1. The lowest BCUT2D eigenvalue weighted by Crippen LogP contribution is -2.23. The van der Waals surface area contributed by atoms with E-state index in [1.165, 1.54) is 0 Å². The number of nitrogens with zero attached hydrogens (tertiary/aromatic N) is 3. The van der Waals surface area contributed by atoms with Crippen LogP contribution in [0.4, 0.5) is 5.69 Å². The van der Waals surface area contributed by atoms with Crippen LogP contribution in [-0.2, 0) is 13.1 Å². The summed E-state index contributed by atoms with van der Waals surface area (Å²) < 4.78 is 1.10. The lowest BCUT2D eigenvalue weighted by atomic mass is 9.96. The predicted octanol–water partition coefficient (Wildman–Crippen LogP) is 7.90. The van der Waals surface area contributed by atoms with E-state index in [0.29, 0.717) is 12.1 Å².